The van der Waals surface area contributed by atoms with Crippen molar-refractivity contribution in [2.24, 2.45) is 5.92 Å². The molecule has 0 saturated heterocycles. The van der Waals surface area contributed by atoms with E-state index in [1.54, 1.807) is 0 Å². The molecule has 1 rings (SSSR count). The molecule has 0 aliphatic carbocycles. The number of unbranched alkanes of at least 4 members (excludes halogenated alkanes) is 1. The summed E-state index contributed by atoms with van der Waals surface area (Å²) in [6.07, 6.45) is 3.34. The van der Waals surface area contributed by atoms with Crippen molar-refractivity contribution in [1.29, 1.82) is 0 Å². The smallest absolute Gasteiger partial charge is 0.137 e. The average Bonchev–Trinajstić information content (AvgIpc) is 2.67. The second kappa shape index (κ2) is 12.0. The Balaban J connectivity index is 3.30. The number of carbonyl (C=O) groups is 1. The van der Waals surface area contributed by atoms with E-state index < -0.39 is 11.0 Å². The highest BCUT2D eigenvalue weighted by Gasteiger charge is 2.27. The van der Waals surface area contributed by atoms with Crippen LogP contribution in [-0.4, -0.2) is 16.0 Å². The average molecular weight is 422 g/mol. The van der Waals surface area contributed by atoms with E-state index in [0.717, 1.165) is 35.3 Å². The third kappa shape index (κ3) is 7.03. The summed E-state index contributed by atoms with van der Waals surface area (Å²) in [6, 6.07) is 4.38. The third-order valence-electron chi connectivity index (χ3n) is 5.85. The summed E-state index contributed by atoms with van der Waals surface area (Å²) in [5.41, 5.74) is 3.62. The molecule has 0 fully saturated rings. The van der Waals surface area contributed by atoms with E-state index in [1.165, 1.54) is 5.56 Å². The molecule has 0 heterocycles. The first-order chi connectivity index (χ1) is 13.5. The van der Waals surface area contributed by atoms with Gasteiger partial charge < -0.3 is 0 Å². The fraction of sp³-hybridized carbons (Fsp3) is 0.720. The number of benzene rings is 1. The molecule has 0 bridgehead atoms. The Bertz CT molecular complexity index is 665. The van der Waals surface area contributed by atoms with Crippen molar-refractivity contribution in [1.82, 2.24) is 4.72 Å². The number of carbonyl (C=O) groups excluding carboxylic acids is 1. The van der Waals surface area contributed by atoms with E-state index >= 15 is 0 Å². The summed E-state index contributed by atoms with van der Waals surface area (Å²) >= 11 is 0. The molecule has 0 aromatic heterocycles. The van der Waals surface area contributed by atoms with Crippen LogP contribution in [-0.2, 0) is 15.8 Å². The number of ketones is 1. The summed E-state index contributed by atoms with van der Waals surface area (Å²) in [4.78, 5) is 13.5. The summed E-state index contributed by atoms with van der Waals surface area (Å²) in [7, 11) is -1.34. The molecule has 3 nitrogen and oxygen atoms in total. The van der Waals surface area contributed by atoms with Crippen LogP contribution in [0.2, 0.25) is 0 Å². The fourth-order valence-corrected chi connectivity index (χ4v) is 5.42. The molecule has 4 heteroatoms. The van der Waals surface area contributed by atoms with Crippen LogP contribution < -0.4 is 4.72 Å². The SMILES string of the molecule is CCCCC(=O)[C@H](C)[C@H](CC)N[S@@](=O)c1c(C(C)C)cc(C(C)C)cc1C(C)C. The van der Waals surface area contributed by atoms with E-state index in [0.29, 0.717) is 12.3 Å². The van der Waals surface area contributed by atoms with Crippen LogP contribution in [0.4, 0.5) is 0 Å². The van der Waals surface area contributed by atoms with Gasteiger partial charge in [-0.15, -0.1) is 0 Å². The van der Waals surface area contributed by atoms with Crippen LogP contribution in [0.25, 0.3) is 0 Å². The van der Waals surface area contributed by atoms with Gasteiger partial charge in [-0.3, -0.25) is 4.79 Å². The minimum absolute atomic E-state index is 0.0787. The van der Waals surface area contributed by atoms with Crippen molar-refractivity contribution in [3.8, 4) is 0 Å². The fourth-order valence-electron chi connectivity index (χ4n) is 3.64. The first-order valence-corrected chi connectivity index (χ1v) is 12.6. The number of hydrogen-bond acceptors (Lipinski definition) is 2. The number of rotatable bonds is 12. The number of nitrogens with one attached hydrogen (secondary N) is 1. The van der Waals surface area contributed by atoms with Gasteiger partial charge in [-0.2, -0.15) is 0 Å². The maximum Gasteiger partial charge on any atom is 0.137 e. The van der Waals surface area contributed by atoms with Gasteiger partial charge in [0.15, 0.2) is 0 Å². The van der Waals surface area contributed by atoms with Gasteiger partial charge in [-0.1, -0.05) is 80.9 Å². The van der Waals surface area contributed by atoms with Crippen LogP contribution in [0, 0.1) is 5.92 Å². The predicted molar refractivity (Wildman–Crippen MR) is 126 cm³/mol. The zero-order valence-electron chi connectivity index (χ0n) is 20.1. The first-order valence-electron chi connectivity index (χ1n) is 11.4. The van der Waals surface area contributed by atoms with Crippen LogP contribution >= 0.6 is 0 Å². The molecule has 1 aromatic rings. The zero-order valence-corrected chi connectivity index (χ0v) is 20.9. The summed E-state index contributed by atoms with van der Waals surface area (Å²) in [5.74, 6) is 1.15. The van der Waals surface area contributed by atoms with Crippen LogP contribution in [0.1, 0.15) is 122 Å². The van der Waals surface area contributed by atoms with Gasteiger partial charge in [0.1, 0.15) is 16.8 Å². The highest BCUT2D eigenvalue weighted by molar-refractivity contribution is 7.83. The monoisotopic (exact) mass is 421 g/mol. The lowest BCUT2D eigenvalue weighted by molar-refractivity contribution is -0.123. The minimum Gasteiger partial charge on any atom is -0.299 e. The Morgan fingerprint density at radius 1 is 0.931 bits per heavy atom. The van der Waals surface area contributed by atoms with Gasteiger partial charge in [-0.05, 0) is 47.3 Å². The molecule has 0 spiro atoms. The van der Waals surface area contributed by atoms with Crippen molar-refractivity contribution in [3.63, 3.8) is 0 Å². The molecule has 29 heavy (non-hydrogen) atoms. The van der Waals surface area contributed by atoms with Crippen LogP contribution in [0.5, 0.6) is 0 Å². The van der Waals surface area contributed by atoms with E-state index in [-0.39, 0.29) is 29.6 Å². The highest BCUT2D eigenvalue weighted by Crippen LogP contribution is 2.34. The quantitative estimate of drug-likeness (QED) is 0.401. The van der Waals surface area contributed by atoms with E-state index in [9.17, 15) is 9.00 Å². The Labute approximate surface area is 182 Å². The third-order valence-corrected chi connectivity index (χ3v) is 7.21. The maximum absolute atomic E-state index is 13.6. The Morgan fingerprint density at radius 3 is 1.83 bits per heavy atom. The molecule has 0 aliphatic heterocycles. The van der Waals surface area contributed by atoms with Crippen molar-refractivity contribution in [2.75, 3.05) is 0 Å². The molecule has 0 saturated carbocycles. The second-order valence-electron chi connectivity index (χ2n) is 9.25. The first kappa shape index (κ1) is 26.0. The van der Waals surface area contributed by atoms with Crippen molar-refractivity contribution < 1.29 is 9.00 Å². The molecular weight excluding hydrogens is 378 g/mol. The zero-order chi connectivity index (χ0) is 22.3. The van der Waals surface area contributed by atoms with Gasteiger partial charge >= 0.3 is 0 Å². The lowest BCUT2D eigenvalue weighted by Gasteiger charge is -2.26. The Morgan fingerprint density at radius 2 is 1.45 bits per heavy atom. The molecule has 166 valence electrons. The van der Waals surface area contributed by atoms with Gasteiger partial charge in [0.25, 0.3) is 0 Å². The van der Waals surface area contributed by atoms with Crippen LogP contribution in [0.15, 0.2) is 17.0 Å². The van der Waals surface area contributed by atoms with Gasteiger partial charge in [0.2, 0.25) is 0 Å². The Kier molecular flexibility index (Phi) is 10.8. The molecule has 1 N–H and O–H groups in total. The summed E-state index contributed by atoms with van der Waals surface area (Å²) in [6.45, 7) is 19.2. The molecule has 0 amide bonds. The lowest BCUT2D eigenvalue weighted by atomic mass is 9.89. The molecule has 1 aromatic carbocycles. The van der Waals surface area contributed by atoms with Crippen LogP contribution in [0.3, 0.4) is 0 Å². The highest BCUT2D eigenvalue weighted by atomic mass is 32.2. The second-order valence-corrected chi connectivity index (χ2v) is 10.4. The van der Waals surface area contributed by atoms with Gasteiger partial charge in [0.05, 0.1) is 4.90 Å². The van der Waals surface area contributed by atoms with Gasteiger partial charge in [-0.25, -0.2) is 8.93 Å². The lowest BCUT2D eigenvalue weighted by Crippen LogP contribution is -2.39. The minimum atomic E-state index is -1.34. The van der Waals surface area contributed by atoms with Crippen molar-refractivity contribution in [2.45, 2.75) is 117 Å². The molecule has 3 atom stereocenters. The summed E-state index contributed by atoms with van der Waals surface area (Å²) < 4.78 is 16.9. The number of hydrogen-bond donors (Lipinski definition) is 1. The molecule has 0 radical (unpaired) electrons. The van der Waals surface area contributed by atoms with E-state index in [4.69, 9.17) is 0 Å². The van der Waals surface area contributed by atoms with Crippen molar-refractivity contribution in [3.05, 3.63) is 28.8 Å². The van der Waals surface area contributed by atoms with Crippen molar-refractivity contribution >= 4 is 16.8 Å². The maximum atomic E-state index is 13.6. The normalized spacial score (nSPS) is 15.2. The topological polar surface area (TPSA) is 46.2 Å². The van der Waals surface area contributed by atoms with E-state index in [1.807, 2.05) is 6.92 Å². The predicted octanol–water partition coefficient (Wildman–Crippen LogP) is 6.84. The summed E-state index contributed by atoms with van der Waals surface area (Å²) in [5, 5.41) is 0. The Hall–Kier alpha value is -1.00. The largest absolute Gasteiger partial charge is 0.299 e. The standard InChI is InChI=1S/C25H43NO2S/c1-10-12-13-24(27)19(9)23(11-2)26-29(28)25-21(17(5)6)14-20(16(3)4)15-22(25)18(7)8/h14-19,23,26H,10-13H2,1-9H3/t19-,23+,29+/m1/s1. The molecule has 0 aliphatic rings. The van der Waals surface area contributed by atoms with Gasteiger partial charge in [0, 0.05) is 18.4 Å². The number of Topliss-reactive ketones (excluding diaryl/α,β-unsaturated/α-hetero) is 1. The van der Waals surface area contributed by atoms with E-state index in [2.05, 4.69) is 72.2 Å². The molecular formula is C25H43NO2S. The molecule has 0 unspecified atom stereocenters.